The summed E-state index contributed by atoms with van der Waals surface area (Å²) in [6, 6.07) is 26.0. The van der Waals surface area contributed by atoms with E-state index in [1.165, 1.54) is 21.9 Å². The van der Waals surface area contributed by atoms with Gasteiger partial charge in [0, 0.05) is 19.0 Å². The summed E-state index contributed by atoms with van der Waals surface area (Å²) in [5, 5.41) is 2.59. The van der Waals surface area contributed by atoms with Gasteiger partial charge in [-0.25, -0.2) is 0 Å². The lowest BCUT2D eigenvalue weighted by Crippen LogP contribution is -2.25. The molecule has 2 nitrogen and oxygen atoms in total. The van der Waals surface area contributed by atoms with Gasteiger partial charge in [0.15, 0.2) is 0 Å². The molecule has 1 aliphatic heterocycles. The van der Waals surface area contributed by atoms with E-state index in [9.17, 15) is 0 Å². The van der Waals surface area contributed by atoms with Gasteiger partial charge in [0.25, 0.3) is 0 Å². The Balaban J connectivity index is 1.77. The summed E-state index contributed by atoms with van der Waals surface area (Å²) in [5.74, 6) is 0.338. The second-order valence-electron chi connectivity index (χ2n) is 6.68. The summed E-state index contributed by atoms with van der Waals surface area (Å²) in [6.07, 6.45) is 0.109. The van der Waals surface area contributed by atoms with Crippen LogP contribution in [0.4, 0.5) is 0 Å². The molecule has 4 rings (SSSR count). The molecule has 0 saturated carbocycles. The van der Waals surface area contributed by atoms with Crippen molar-refractivity contribution < 1.29 is 4.74 Å². The van der Waals surface area contributed by atoms with Crippen LogP contribution in [0.25, 0.3) is 10.8 Å². The maximum absolute atomic E-state index is 6.30. The molecular weight excluding hydrogens is 294 g/mol. The Bertz CT molecular complexity index is 814. The van der Waals surface area contributed by atoms with Crippen LogP contribution in [-0.2, 0) is 4.74 Å². The van der Waals surface area contributed by atoms with E-state index in [-0.39, 0.29) is 6.10 Å². The molecule has 2 heteroatoms. The number of likely N-dealkylation sites (N-methyl/N-ethyl adjacent to an activating group) is 1. The van der Waals surface area contributed by atoms with Gasteiger partial charge in [0.05, 0.1) is 12.7 Å². The van der Waals surface area contributed by atoms with Gasteiger partial charge in [-0.1, -0.05) is 72.8 Å². The normalized spacial score (nSPS) is 22.4. The van der Waals surface area contributed by atoms with Gasteiger partial charge in [-0.05, 0) is 28.9 Å². The Hall–Kier alpha value is -2.16. The average Bonchev–Trinajstić information content (AvgIpc) is 2.83. The Labute approximate surface area is 143 Å². The van der Waals surface area contributed by atoms with Crippen molar-refractivity contribution in [3.05, 3.63) is 83.9 Å². The summed E-state index contributed by atoms with van der Waals surface area (Å²) < 4.78 is 6.30. The van der Waals surface area contributed by atoms with Crippen LogP contribution >= 0.6 is 0 Å². The smallest absolute Gasteiger partial charge is 0.0906 e. The topological polar surface area (TPSA) is 12.5 Å². The molecule has 3 aromatic rings. The van der Waals surface area contributed by atoms with Crippen LogP contribution in [0.3, 0.4) is 0 Å². The highest BCUT2D eigenvalue weighted by Gasteiger charge is 2.29. The van der Waals surface area contributed by atoms with Gasteiger partial charge in [0.2, 0.25) is 0 Å². The van der Waals surface area contributed by atoms with E-state index in [4.69, 9.17) is 4.74 Å². The van der Waals surface area contributed by atoms with Gasteiger partial charge >= 0.3 is 0 Å². The molecule has 0 spiro atoms. The highest BCUT2D eigenvalue weighted by Crippen LogP contribution is 2.37. The zero-order valence-electron chi connectivity index (χ0n) is 14.1. The first-order valence-corrected chi connectivity index (χ1v) is 8.65. The molecule has 1 fully saturated rings. The molecule has 3 aromatic carbocycles. The van der Waals surface area contributed by atoms with Crippen molar-refractivity contribution in [1.29, 1.82) is 0 Å². The molecule has 122 valence electrons. The Morgan fingerprint density at radius 2 is 1.58 bits per heavy atom. The lowest BCUT2D eigenvalue weighted by Gasteiger charge is -2.27. The van der Waals surface area contributed by atoms with E-state index in [1.807, 2.05) is 0 Å². The third-order valence-electron chi connectivity index (χ3n) is 4.97. The third-order valence-corrected chi connectivity index (χ3v) is 4.97. The van der Waals surface area contributed by atoms with Crippen LogP contribution in [0.5, 0.6) is 0 Å². The molecule has 0 aliphatic carbocycles. The van der Waals surface area contributed by atoms with E-state index >= 15 is 0 Å². The van der Waals surface area contributed by atoms with E-state index in [2.05, 4.69) is 84.7 Å². The van der Waals surface area contributed by atoms with Gasteiger partial charge in [-0.15, -0.1) is 0 Å². The first-order chi connectivity index (χ1) is 11.8. The van der Waals surface area contributed by atoms with E-state index in [0.29, 0.717) is 5.92 Å². The van der Waals surface area contributed by atoms with Crippen molar-refractivity contribution >= 4 is 10.8 Å². The van der Waals surface area contributed by atoms with E-state index in [1.54, 1.807) is 0 Å². The first-order valence-electron chi connectivity index (χ1n) is 8.65. The highest BCUT2D eigenvalue weighted by molar-refractivity contribution is 5.83. The molecule has 0 amide bonds. The lowest BCUT2D eigenvalue weighted by molar-refractivity contribution is 0.0507. The molecule has 1 unspecified atom stereocenters. The predicted molar refractivity (Wildman–Crippen MR) is 99.3 cm³/mol. The third kappa shape index (κ3) is 3.08. The van der Waals surface area contributed by atoms with E-state index in [0.717, 1.165) is 19.7 Å². The average molecular weight is 317 g/mol. The van der Waals surface area contributed by atoms with Crippen molar-refractivity contribution in [2.45, 2.75) is 12.0 Å². The van der Waals surface area contributed by atoms with Crippen molar-refractivity contribution in [2.24, 2.45) is 0 Å². The number of benzene rings is 3. The monoisotopic (exact) mass is 317 g/mol. The summed E-state index contributed by atoms with van der Waals surface area (Å²) in [7, 11) is 2.19. The maximum Gasteiger partial charge on any atom is 0.0906 e. The van der Waals surface area contributed by atoms with Crippen LogP contribution in [0, 0.1) is 0 Å². The zero-order valence-corrected chi connectivity index (χ0v) is 14.1. The fourth-order valence-electron chi connectivity index (χ4n) is 3.66. The summed E-state index contributed by atoms with van der Waals surface area (Å²) in [6.45, 7) is 2.77. The fraction of sp³-hybridized carbons (Fsp3) is 0.273. The number of hydrogen-bond acceptors (Lipinski definition) is 2. The first kappa shape index (κ1) is 15.4. The van der Waals surface area contributed by atoms with Gasteiger partial charge in [-0.2, -0.15) is 0 Å². The summed E-state index contributed by atoms with van der Waals surface area (Å²) >= 11 is 0. The van der Waals surface area contributed by atoms with Crippen molar-refractivity contribution in [1.82, 2.24) is 4.90 Å². The minimum atomic E-state index is 0.109. The molecule has 1 heterocycles. The Kier molecular flexibility index (Phi) is 4.33. The summed E-state index contributed by atoms with van der Waals surface area (Å²) in [5.41, 5.74) is 2.63. The minimum Gasteiger partial charge on any atom is -0.372 e. The second kappa shape index (κ2) is 6.76. The number of rotatable bonds is 2. The highest BCUT2D eigenvalue weighted by atomic mass is 16.5. The maximum atomic E-state index is 6.30. The number of ether oxygens (including phenoxy) is 1. The van der Waals surface area contributed by atoms with Crippen LogP contribution in [0.2, 0.25) is 0 Å². The lowest BCUT2D eigenvalue weighted by atomic mass is 9.87. The SMILES string of the molecule is CN1CCOC(c2ccccc2)[C@H](c2ccc3ccccc3c2)C1. The minimum absolute atomic E-state index is 0.109. The molecule has 24 heavy (non-hydrogen) atoms. The molecule has 0 aromatic heterocycles. The largest absolute Gasteiger partial charge is 0.372 e. The van der Waals surface area contributed by atoms with Crippen molar-refractivity contribution in [3.63, 3.8) is 0 Å². The van der Waals surface area contributed by atoms with Gasteiger partial charge in [-0.3, -0.25) is 0 Å². The van der Waals surface area contributed by atoms with Crippen molar-refractivity contribution in [2.75, 3.05) is 26.7 Å². The van der Waals surface area contributed by atoms with Gasteiger partial charge in [0.1, 0.15) is 0 Å². The molecule has 0 bridgehead atoms. The Morgan fingerprint density at radius 1 is 0.833 bits per heavy atom. The number of nitrogens with zero attached hydrogens (tertiary/aromatic N) is 1. The van der Waals surface area contributed by atoms with Crippen LogP contribution in [0.1, 0.15) is 23.1 Å². The van der Waals surface area contributed by atoms with Crippen LogP contribution < -0.4 is 0 Å². The zero-order chi connectivity index (χ0) is 16.4. The molecule has 0 radical (unpaired) electrons. The second-order valence-corrected chi connectivity index (χ2v) is 6.68. The summed E-state index contributed by atoms with van der Waals surface area (Å²) in [4.78, 5) is 2.38. The van der Waals surface area contributed by atoms with Gasteiger partial charge < -0.3 is 9.64 Å². The quantitative estimate of drug-likeness (QED) is 0.683. The van der Waals surface area contributed by atoms with Crippen LogP contribution in [-0.4, -0.2) is 31.6 Å². The van der Waals surface area contributed by atoms with E-state index < -0.39 is 0 Å². The number of fused-ring (bicyclic) bond motifs is 1. The molecule has 1 saturated heterocycles. The van der Waals surface area contributed by atoms with Crippen LogP contribution in [0.15, 0.2) is 72.8 Å². The fourth-order valence-corrected chi connectivity index (χ4v) is 3.66. The molecule has 0 N–H and O–H groups in total. The molecular formula is C22H23NO. The molecule has 2 atom stereocenters. The molecule has 1 aliphatic rings. The number of hydrogen-bond donors (Lipinski definition) is 0. The van der Waals surface area contributed by atoms with Crippen molar-refractivity contribution in [3.8, 4) is 0 Å². The Morgan fingerprint density at radius 3 is 2.42 bits per heavy atom. The predicted octanol–water partition coefficient (Wildman–Crippen LogP) is 4.63. The standard InChI is InChI=1S/C22H23NO/c1-23-13-14-24-22(18-8-3-2-4-9-18)21(16-23)20-12-11-17-7-5-6-10-19(17)15-20/h2-12,15,21-22H,13-14,16H2,1H3/t21-,22?/m0/s1.